The van der Waals surface area contributed by atoms with Gasteiger partial charge in [-0.05, 0) is 60.3 Å². The molecule has 0 unspecified atom stereocenters. The van der Waals surface area contributed by atoms with Crippen LogP contribution in [0.1, 0.15) is 56.5 Å². The Labute approximate surface area is 235 Å². The number of rotatable bonds is 9. The number of nitrogens with one attached hydrogen (secondary N) is 1. The maximum atomic E-state index is 14.4. The molecule has 0 saturated carbocycles. The summed E-state index contributed by atoms with van der Waals surface area (Å²) < 4.78 is 5.67. The van der Waals surface area contributed by atoms with E-state index in [2.05, 4.69) is 48.7 Å². The van der Waals surface area contributed by atoms with Crippen LogP contribution in [0.2, 0.25) is 0 Å². The third-order valence-corrected chi connectivity index (χ3v) is 7.93. The second kappa shape index (κ2) is 12.4. The smallest absolute Gasteiger partial charge is 0.329 e. The highest BCUT2D eigenvalue weighted by atomic mass is 32.2. The number of thiol groups is 1. The van der Waals surface area contributed by atoms with Crippen molar-refractivity contribution in [1.29, 1.82) is 0 Å². The van der Waals surface area contributed by atoms with Crippen molar-refractivity contribution < 1.29 is 19.4 Å². The van der Waals surface area contributed by atoms with Gasteiger partial charge >= 0.3 is 5.97 Å². The van der Waals surface area contributed by atoms with Gasteiger partial charge in [-0.2, -0.15) is 11.8 Å². The lowest BCUT2D eigenvalue weighted by molar-refractivity contribution is -0.148. The van der Waals surface area contributed by atoms with Gasteiger partial charge in [0.2, 0.25) is 0 Å². The predicted molar refractivity (Wildman–Crippen MR) is 159 cm³/mol. The van der Waals surface area contributed by atoms with Gasteiger partial charge in [-0.15, -0.1) is 12.6 Å². The van der Waals surface area contributed by atoms with Crippen LogP contribution in [-0.2, 0) is 10.2 Å². The Balaban J connectivity index is 2.25. The molecule has 1 fully saturated rings. The normalized spacial score (nSPS) is 23.9. The summed E-state index contributed by atoms with van der Waals surface area (Å²) in [6.07, 6.45) is 7.44. The summed E-state index contributed by atoms with van der Waals surface area (Å²) >= 11 is 5.69. The molecule has 8 nitrogen and oxygen atoms in total. The Morgan fingerprint density at radius 1 is 1.39 bits per heavy atom. The molecule has 2 heterocycles. The zero-order valence-electron chi connectivity index (χ0n) is 22.9. The van der Waals surface area contributed by atoms with E-state index in [1.807, 2.05) is 19.2 Å². The van der Waals surface area contributed by atoms with Crippen LogP contribution >= 0.6 is 24.4 Å². The standard InChI is InChI=1S/C28H38N4O4S2/c1-18(30-12-13-37)24-20(22-17-29-10-11-31-22)16-28(26(34)35,9-14-38-6)32(24)25(33)19-7-8-21(27(2,3)4)23(15-19)36-5/h7-8,10-13,15,20,24,29,37H,9,14,16-17H2,1-6H3,(H,34,35)/b13-12-,30-18?/t20-,24+,28+/m1/s1. The van der Waals surface area contributed by atoms with Crippen molar-refractivity contribution in [3.05, 3.63) is 53.3 Å². The van der Waals surface area contributed by atoms with Crippen LogP contribution in [0.5, 0.6) is 5.75 Å². The van der Waals surface area contributed by atoms with Gasteiger partial charge in [0, 0.05) is 41.5 Å². The molecule has 0 spiro atoms. The number of benzene rings is 1. The molecule has 10 heteroatoms. The number of ether oxygens (including phenoxy) is 1. The summed E-state index contributed by atoms with van der Waals surface area (Å²) in [5.74, 6) is -0.552. The molecule has 2 N–H and O–H groups in total. The first-order valence-corrected chi connectivity index (χ1v) is 14.5. The molecular formula is C28H38N4O4S2. The number of carbonyl (C=O) groups is 2. The van der Waals surface area contributed by atoms with Gasteiger partial charge in [-0.25, -0.2) is 4.79 Å². The average molecular weight is 559 g/mol. The quantitative estimate of drug-likeness (QED) is 0.298. The summed E-state index contributed by atoms with van der Waals surface area (Å²) in [5.41, 5.74) is 1.13. The van der Waals surface area contributed by atoms with Gasteiger partial charge in [-0.1, -0.05) is 26.8 Å². The molecule has 0 bridgehead atoms. The molecule has 0 aromatic heterocycles. The summed E-state index contributed by atoms with van der Waals surface area (Å²) in [6, 6.07) is 4.77. The van der Waals surface area contributed by atoms with Crippen LogP contribution in [0.25, 0.3) is 0 Å². The van der Waals surface area contributed by atoms with Gasteiger partial charge in [-0.3, -0.25) is 14.8 Å². The Kier molecular flexibility index (Phi) is 9.75. The van der Waals surface area contributed by atoms with Gasteiger partial charge < -0.3 is 20.1 Å². The number of carboxylic acid groups (broad SMARTS) is 1. The first-order valence-electron chi connectivity index (χ1n) is 12.5. The van der Waals surface area contributed by atoms with E-state index >= 15 is 0 Å². The number of amides is 1. The van der Waals surface area contributed by atoms with Crippen molar-refractivity contribution in [2.75, 3.05) is 25.7 Å². The van der Waals surface area contributed by atoms with Crippen molar-refractivity contribution in [3.63, 3.8) is 0 Å². The molecule has 1 saturated heterocycles. The molecule has 0 radical (unpaired) electrons. The van der Waals surface area contributed by atoms with Crippen molar-refractivity contribution in [2.24, 2.45) is 15.9 Å². The lowest BCUT2D eigenvalue weighted by Crippen LogP contribution is -2.57. The number of thioether (sulfide) groups is 1. The fourth-order valence-electron chi connectivity index (χ4n) is 5.34. The lowest BCUT2D eigenvalue weighted by Gasteiger charge is -2.38. The highest BCUT2D eigenvalue weighted by Crippen LogP contribution is 2.44. The van der Waals surface area contributed by atoms with Gasteiger partial charge in [0.05, 0.1) is 19.7 Å². The second-order valence-corrected chi connectivity index (χ2v) is 11.8. The number of carbonyl (C=O) groups excluding carboxylic acids is 1. The van der Waals surface area contributed by atoms with Crippen LogP contribution in [0.3, 0.4) is 0 Å². The minimum absolute atomic E-state index is 0.195. The molecule has 2 aliphatic rings. The predicted octanol–water partition coefficient (Wildman–Crippen LogP) is 4.78. The minimum Gasteiger partial charge on any atom is -0.496 e. The van der Waals surface area contributed by atoms with Crippen LogP contribution in [0.15, 0.2) is 52.2 Å². The molecule has 0 aliphatic carbocycles. The zero-order valence-corrected chi connectivity index (χ0v) is 24.6. The molecular weight excluding hydrogens is 520 g/mol. The van der Waals surface area contributed by atoms with Crippen molar-refractivity contribution in [3.8, 4) is 5.75 Å². The number of likely N-dealkylation sites (tertiary alicyclic amines) is 1. The molecule has 3 rings (SSSR count). The van der Waals surface area contributed by atoms with Crippen LogP contribution < -0.4 is 10.1 Å². The van der Waals surface area contributed by atoms with Crippen LogP contribution in [0.4, 0.5) is 0 Å². The maximum absolute atomic E-state index is 14.4. The number of carboxylic acids is 1. The van der Waals surface area contributed by atoms with E-state index in [9.17, 15) is 14.7 Å². The minimum atomic E-state index is -1.43. The first kappa shape index (κ1) is 29.8. The fraction of sp³-hybridized carbons (Fsp3) is 0.500. The first-order chi connectivity index (χ1) is 18.0. The Bertz CT molecular complexity index is 1170. The summed E-state index contributed by atoms with van der Waals surface area (Å²) in [6.45, 7) is 8.53. The Morgan fingerprint density at radius 2 is 2.13 bits per heavy atom. The zero-order chi connectivity index (χ0) is 28.1. The Morgan fingerprint density at radius 3 is 2.68 bits per heavy atom. The third-order valence-electron chi connectivity index (χ3n) is 7.19. The van der Waals surface area contributed by atoms with E-state index < -0.39 is 17.6 Å². The molecule has 1 aromatic carbocycles. The van der Waals surface area contributed by atoms with Crippen molar-refractivity contribution in [2.45, 2.75) is 57.5 Å². The SMILES string of the molecule is COc1cc(C(=O)N2[C@@H](C(C)=N/C=C\S)[C@@H](C3=NC=CNC3)C[C@@]2(CCSC)C(=O)O)ccc1C(C)(C)C. The summed E-state index contributed by atoms with van der Waals surface area (Å²) in [4.78, 5) is 38.2. The lowest BCUT2D eigenvalue weighted by atomic mass is 9.85. The van der Waals surface area contributed by atoms with Gasteiger partial charge in [0.1, 0.15) is 11.3 Å². The van der Waals surface area contributed by atoms with Crippen LogP contribution in [0, 0.1) is 5.92 Å². The highest BCUT2D eigenvalue weighted by molar-refractivity contribution is 7.98. The third kappa shape index (κ3) is 5.96. The van der Waals surface area contributed by atoms with E-state index in [-0.39, 0.29) is 23.7 Å². The number of hydrogen-bond donors (Lipinski definition) is 3. The number of methoxy groups -OCH3 is 1. The summed E-state index contributed by atoms with van der Waals surface area (Å²) in [7, 11) is 1.58. The largest absolute Gasteiger partial charge is 0.496 e. The Hall–Kier alpha value is -2.72. The number of hydrogen-bond acceptors (Lipinski definition) is 8. The molecule has 206 valence electrons. The molecule has 1 amide bonds. The molecule has 2 aliphatic heterocycles. The monoisotopic (exact) mass is 558 g/mol. The van der Waals surface area contributed by atoms with E-state index in [1.165, 1.54) is 5.41 Å². The number of aliphatic carboxylic acids is 1. The number of aliphatic imine (C=N–C) groups is 2. The molecule has 1 aromatic rings. The van der Waals surface area contributed by atoms with E-state index in [4.69, 9.17) is 4.74 Å². The van der Waals surface area contributed by atoms with Gasteiger partial charge in [0.15, 0.2) is 0 Å². The number of nitrogens with zero attached hydrogens (tertiary/aromatic N) is 3. The summed E-state index contributed by atoms with van der Waals surface area (Å²) in [5, 5.41) is 15.4. The average Bonchev–Trinajstić information content (AvgIpc) is 3.26. The second-order valence-electron chi connectivity index (χ2n) is 10.6. The fourth-order valence-corrected chi connectivity index (χ4v) is 5.95. The van der Waals surface area contributed by atoms with Gasteiger partial charge in [0.25, 0.3) is 5.91 Å². The maximum Gasteiger partial charge on any atom is 0.329 e. The van der Waals surface area contributed by atoms with Crippen LogP contribution in [-0.4, -0.2) is 70.6 Å². The van der Waals surface area contributed by atoms with Crippen molar-refractivity contribution >= 4 is 47.7 Å². The molecule has 38 heavy (non-hydrogen) atoms. The van der Waals surface area contributed by atoms with E-state index in [0.717, 1.165) is 11.3 Å². The highest BCUT2D eigenvalue weighted by Gasteiger charge is 2.60. The molecule has 3 atom stereocenters. The van der Waals surface area contributed by atoms with Crippen molar-refractivity contribution in [1.82, 2.24) is 10.2 Å². The van der Waals surface area contributed by atoms with E-state index in [0.29, 0.717) is 35.7 Å². The topological polar surface area (TPSA) is 104 Å². The van der Waals surface area contributed by atoms with E-state index in [1.54, 1.807) is 54.5 Å².